The molecule has 5 heterocycles. The SMILES string of the molecule is [C-]#[N+]c1cnn2c(-c3cc(NC4CCOCC4)c(-c4nnc(C5CCC(NC)CC5)s4)cn3)ccc2c1. The average molecular weight is 515 g/mol. The molecule has 0 atom stereocenters. The monoisotopic (exact) mass is 514 g/mol. The first-order valence-corrected chi connectivity index (χ1v) is 13.7. The molecule has 0 amide bonds. The molecular weight excluding hydrogens is 484 g/mol. The van der Waals surface area contributed by atoms with E-state index in [0.717, 1.165) is 77.1 Å². The molecule has 190 valence electrons. The lowest BCUT2D eigenvalue weighted by Gasteiger charge is -2.26. The van der Waals surface area contributed by atoms with Crippen LogP contribution in [0.15, 0.2) is 36.7 Å². The summed E-state index contributed by atoms with van der Waals surface area (Å²) in [6.07, 6.45) is 10.1. The standard InChI is InChI=1S/C27H30N8OS/c1-28-18-5-3-17(4-6-18)26-33-34-27(37-26)22-16-30-24(14-23(22)32-19-9-11-36-12-10-19)25-8-7-21-13-20(29-2)15-31-35(21)25/h7-8,13-19,28H,3-6,9-12H2,1H3,(H,30,32). The molecule has 0 bridgehead atoms. The third-order valence-electron chi connectivity index (χ3n) is 7.52. The Balaban J connectivity index is 1.34. The van der Waals surface area contributed by atoms with E-state index < -0.39 is 0 Å². The van der Waals surface area contributed by atoms with Crippen molar-refractivity contribution in [3.63, 3.8) is 0 Å². The predicted octanol–water partition coefficient (Wildman–Crippen LogP) is 5.30. The molecule has 10 heteroatoms. The summed E-state index contributed by atoms with van der Waals surface area (Å²) in [5.74, 6) is 0.480. The van der Waals surface area contributed by atoms with Crippen molar-refractivity contribution >= 4 is 28.2 Å². The van der Waals surface area contributed by atoms with E-state index in [2.05, 4.69) is 43.9 Å². The third-order valence-corrected chi connectivity index (χ3v) is 8.64. The van der Waals surface area contributed by atoms with Crippen molar-refractivity contribution in [1.29, 1.82) is 0 Å². The Labute approximate surface area is 220 Å². The molecule has 9 nitrogen and oxygen atoms in total. The summed E-state index contributed by atoms with van der Waals surface area (Å²) in [5, 5.41) is 22.9. The van der Waals surface area contributed by atoms with Gasteiger partial charge in [-0.05, 0) is 69.8 Å². The zero-order valence-electron chi connectivity index (χ0n) is 20.9. The zero-order valence-corrected chi connectivity index (χ0v) is 21.7. The number of nitrogens with zero attached hydrogens (tertiary/aromatic N) is 6. The van der Waals surface area contributed by atoms with Gasteiger partial charge in [0.2, 0.25) is 5.69 Å². The Hall–Kier alpha value is -3.39. The van der Waals surface area contributed by atoms with Gasteiger partial charge in [-0.3, -0.25) is 4.98 Å². The van der Waals surface area contributed by atoms with Crippen LogP contribution >= 0.6 is 11.3 Å². The highest BCUT2D eigenvalue weighted by Gasteiger charge is 2.26. The van der Waals surface area contributed by atoms with Gasteiger partial charge in [-0.1, -0.05) is 11.3 Å². The number of anilines is 1. The molecule has 4 aromatic rings. The molecule has 1 saturated carbocycles. The summed E-state index contributed by atoms with van der Waals surface area (Å²) >= 11 is 1.69. The smallest absolute Gasteiger partial charge is 0.208 e. The van der Waals surface area contributed by atoms with Crippen molar-refractivity contribution in [2.24, 2.45) is 0 Å². The summed E-state index contributed by atoms with van der Waals surface area (Å²) in [7, 11) is 2.05. The second kappa shape index (κ2) is 10.5. The van der Waals surface area contributed by atoms with Gasteiger partial charge in [0, 0.05) is 43.1 Å². The highest BCUT2D eigenvalue weighted by molar-refractivity contribution is 7.14. The number of hydrogen-bond acceptors (Lipinski definition) is 8. The van der Waals surface area contributed by atoms with Gasteiger partial charge >= 0.3 is 0 Å². The van der Waals surface area contributed by atoms with Crippen molar-refractivity contribution in [2.45, 2.75) is 56.5 Å². The summed E-state index contributed by atoms with van der Waals surface area (Å²) in [6.45, 7) is 8.79. The first-order valence-electron chi connectivity index (χ1n) is 12.9. The van der Waals surface area contributed by atoms with Crippen molar-refractivity contribution in [3.05, 3.63) is 53.1 Å². The zero-order chi connectivity index (χ0) is 25.2. The van der Waals surface area contributed by atoms with Gasteiger partial charge in [-0.2, -0.15) is 5.10 Å². The molecule has 0 aromatic carbocycles. The Bertz CT molecular complexity index is 1430. The Morgan fingerprint density at radius 2 is 1.86 bits per heavy atom. The van der Waals surface area contributed by atoms with Crippen LogP contribution in [0.1, 0.15) is 49.5 Å². The Morgan fingerprint density at radius 3 is 2.65 bits per heavy atom. The van der Waals surface area contributed by atoms with E-state index in [-0.39, 0.29) is 0 Å². The number of nitrogens with one attached hydrogen (secondary N) is 2. The molecule has 0 radical (unpaired) electrons. The van der Waals surface area contributed by atoms with Crippen LogP contribution in [-0.4, -0.2) is 57.1 Å². The minimum absolute atomic E-state index is 0.329. The van der Waals surface area contributed by atoms with Crippen LogP contribution in [0.5, 0.6) is 0 Å². The van der Waals surface area contributed by atoms with Crippen LogP contribution in [0.2, 0.25) is 0 Å². The Morgan fingerprint density at radius 1 is 1.03 bits per heavy atom. The fourth-order valence-corrected chi connectivity index (χ4v) is 6.36. The number of ether oxygens (including phenoxy) is 1. The van der Waals surface area contributed by atoms with Crippen LogP contribution in [0.25, 0.3) is 32.3 Å². The molecule has 1 saturated heterocycles. The van der Waals surface area contributed by atoms with E-state index in [1.54, 1.807) is 17.5 Å². The molecule has 6 rings (SSSR count). The van der Waals surface area contributed by atoms with Gasteiger partial charge in [-0.15, -0.1) is 10.2 Å². The van der Waals surface area contributed by atoms with Crippen LogP contribution < -0.4 is 10.6 Å². The lowest BCUT2D eigenvalue weighted by molar-refractivity contribution is 0.0904. The second-order valence-corrected chi connectivity index (χ2v) is 10.8. The molecule has 37 heavy (non-hydrogen) atoms. The van der Waals surface area contributed by atoms with Crippen molar-refractivity contribution in [3.8, 4) is 22.0 Å². The van der Waals surface area contributed by atoms with E-state index in [1.807, 2.05) is 28.9 Å². The van der Waals surface area contributed by atoms with Gasteiger partial charge < -0.3 is 15.4 Å². The maximum absolute atomic E-state index is 7.26. The van der Waals surface area contributed by atoms with Crippen molar-refractivity contribution in [1.82, 2.24) is 30.1 Å². The molecular formula is C27H30N8OS. The minimum atomic E-state index is 0.329. The quantitative estimate of drug-likeness (QED) is 0.337. The number of rotatable bonds is 6. The van der Waals surface area contributed by atoms with E-state index in [1.165, 1.54) is 12.8 Å². The molecule has 0 unspecified atom stereocenters. The summed E-state index contributed by atoms with van der Waals surface area (Å²) in [5.41, 5.74) is 5.08. The lowest BCUT2D eigenvalue weighted by Crippen LogP contribution is -2.29. The summed E-state index contributed by atoms with van der Waals surface area (Å²) in [6, 6.07) is 8.85. The van der Waals surface area contributed by atoms with Gasteiger partial charge in [-0.25, -0.2) is 9.36 Å². The van der Waals surface area contributed by atoms with E-state index >= 15 is 0 Å². The van der Waals surface area contributed by atoms with Crippen LogP contribution in [-0.2, 0) is 4.74 Å². The Kier molecular flexibility index (Phi) is 6.83. The fourth-order valence-electron chi connectivity index (χ4n) is 5.33. The first-order chi connectivity index (χ1) is 18.2. The number of hydrogen-bond donors (Lipinski definition) is 2. The molecule has 4 aromatic heterocycles. The van der Waals surface area contributed by atoms with Crippen molar-refractivity contribution < 1.29 is 4.74 Å². The van der Waals surface area contributed by atoms with E-state index in [4.69, 9.17) is 16.3 Å². The van der Waals surface area contributed by atoms with Crippen LogP contribution in [0.4, 0.5) is 11.4 Å². The van der Waals surface area contributed by atoms with Crippen molar-refractivity contribution in [2.75, 3.05) is 25.6 Å². The summed E-state index contributed by atoms with van der Waals surface area (Å²) in [4.78, 5) is 8.33. The van der Waals surface area contributed by atoms with Crippen LogP contribution in [0, 0.1) is 6.57 Å². The number of fused-ring (bicyclic) bond motifs is 1. The molecule has 0 spiro atoms. The molecule has 1 aliphatic carbocycles. The van der Waals surface area contributed by atoms with Gasteiger partial charge in [0.15, 0.2) is 5.01 Å². The molecule has 2 fully saturated rings. The van der Waals surface area contributed by atoms with Crippen LogP contribution in [0.3, 0.4) is 0 Å². The maximum Gasteiger partial charge on any atom is 0.208 e. The first kappa shape index (κ1) is 24.0. The minimum Gasteiger partial charge on any atom is -0.381 e. The fraction of sp³-hybridized carbons (Fsp3) is 0.444. The largest absolute Gasteiger partial charge is 0.381 e. The topological polar surface area (TPSA) is 93.6 Å². The highest BCUT2D eigenvalue weighted by Crippen LogP contribution is 2.39. The molecule has 2 aliphatic rings. The van der Waals surface area contributed by atoms with E-state index in [9.17, 15) is 0 Å². The molecule has 2 N–H and O–H groups in total. The number of pyridine rings is 1. The molecule has 1 aliphatic heterocycles. The predicted molar refractivity (Wildman–Crippen MR) is 145 cm³/mol. The normalized spacial score (nSPS) is 20.6. The van der Waals surface area contributed by atoms with E-state index in [0.29, 0.717) is 23.7 Å². The third kappa shape index (κ3) is 4.94. The number of aromatic nitrogens is 5. The summed E-state index contributed by atoms with van der Waals surface area (Å²) < 4.78 is 7.41. The lowest BCUT2D eigenvalue weighted by atomic mass is 9.86. The average Bonchev–Trinajstić information content (AvgIpc) is 3.61. The highest BCUT2D eigenvalue weighted by atomic mass is 32.1. The van der Waals surface area contributed by atoms with Gasteiger partial charge in [0.1, 0.15) is 5.01 Å². The second-order valence-electron chi connectivity index (χ2n) is 9.81. The van der Waals surface area contributed by atoms with Gasteiger partial charge in [0.25, 0.3) is 0 Å². The maximum atomic E-state index is 7.26. The van der Waals surface area contributed by atoms with Gasteiger partial charge in [0.05, 0.1) is 35.2 Å².